The second-order valence-corrected chi connectivity index (χ2v) is 4.42. The van der Waals surface area contributed by atoms with Crippen LogP contribution in [0.1, 0.15) is 11.5 Å². The number of methoxy groups -OCH3 is 1. The van der Waals surface area contributed by atoms with Gasteiger partial charge in [-0.05, 0) is 12.1 Å². The maximum Gasteiger partial charge on any atom is 0.150 e. The van der Waals surface area contributed by atoms with E-state index in [0.29, 0.717) is 13.1 Å². The highest BCUT2D eigenvalue weighted by molar-refractivity contribution is 5.84. The molecule has 5 heteroatoms. The van der Waals surface area contributed by atoms with Crippen LogP contribution in [0.4, 0.5) is 0 Å². The zero-order valence-electron chi connectivity index (χ0n) is 11.2. The van der Waals surface area contributed by atoms with Gasteiger partial charge in [0.1, 0.15) is 17.0 Å². The zero-order valence-corrected chi connectivity index (χ0v) is 11.2. The predicted octanol–water partition coefficient (Wildman–Crippen LogP) is 2.52. The molecule has 102 valence electrons. The lowest BCUT2D eigenvalue weighted by Gasteiger charge is -2.07. The molecule has 2 aromatic heterocycles. The van der Waals surface area contributed by atoms with Gasteiger partial charge in [-0.15, -0.1) is 0 Å². The number of hydrogen-bond acceptors (Lipinski definition) is 5. The van der Waals surface area contributed by atoms with Crippen LogP contribution in [0.2, 0.25) is 0 Å². The lowest BCUT2D eigenvalue weighted by molar-refractivity contribution is 0.372. The van der Waals surface area contributed by atoms with E-state index in [9.17, 15) is 0 Å². The van der Waals surface area contributed by atoms with Crippen LogP contribution in [0, 0.1) is 0 Å². The molecule has 3 aromatic rings. The molecule has 0 aliphatic heterocycles. The second-order valence-electron chi connectivity index (χ2n) is 4.42. The van der Waals surface area contributed by atoms with Crippen LogP contribution in [0.5, 0.6) is 5.75 Å². The van der Waals surface area contributed by atoms with Gasteiger partial charge in [-0.3, -0.25) is 0 Å². The fraction of sp³-hybridized carbons (Fsp3) is 0.200. The number of aromatic nitrogens is 2. The van der Waals surface area contributed by atoms with Crippen LogP contribution in [0.15, 0.2) is 47.1 Å². The number of pyridine rings is 1. The molecule has 0 aliphatic carbocycles. The average molecular weight is 269 g/mol. The van der Waals surface area contributed by atoms with Crippen LogP contribution in [0.3, 0.4) is 0 Å². The van der Waals surface area contributed by atoms with Gasteiger partial charge in [0.2, 0.25) is 0 Å². The second kappa shape index (κ2) is 5.71. The topological polar surface area (TPSA) is 60.2 Å². The van der Waals surface area contributed by atoms with Gasteiger partial charge in [-0.25, -0.2) is 4.98 Å². The fourth-order valence-electron chi connectivity index (χ4n) is 2.07. The number of fused-ring (bicyclic) bond motifs is 1. The third-order valence-corrected chi connectivity index (χ3v) is 3.06. The summed E-state index contributed by atoms with van der Waals surface area (Å²) >= 11 is 0. The van der Waals surface area contributed by atoms with Crippen molar-refractivity contribution in [1.29, 1.82) is 0 Å². The van der Waals surface area contributed by atoms with Crippen molar-refractivity contribution in [3.63, 3.8) is 0 Å². The first-order valence-corrected chi connectivity index (χ1v) is 6.40. The molecular weight excluding hydrogens is 254 g/mol. The van der Waals surface area contributed by atoms with E-state index in [-0.39, 0.29) is 0 Å². The van der Waals surface area contributed by atoms with Crippen LogP contribution in [-0.2, 0) is 13.1 Å². The van der Waals surface area contributed by atoms with E-state index in [1.54, 1.807) is 13.3 Å². The van der Waals surface area contributed by atoms with Gasteiger partial charge in [-0.1, -0.05) is 23.4 Å². The largest absolute Gasteiger partial charge is 0.494 e. The van der Waals surface area contributed by atoms with Gasteiger partial charge < -0.3 is 14.6 Å². The minimum atomic E-state index is 0.631. The average Bonchev–Trinajstić information content (AvgIpc) is 3.00. The molecule has 0 aliphatic rings. The van der Waals surface area contributed by atoms with Crippen molar-refractivity contribution in [2.24, 2.45) is 0 Å². The molecule has 0 saturated carbocycles. The normalized spacial score (nSPS) is 10.8. The van der Waals surface area contributed by atoms with Crippen molar-refractivity contribution in [2.75, 3.05) is 7.11 Å². The van der Waals surface area contributed by atoms with E-state index in [0.717, 1.165) is 28.1 Å². The summed E-state index contributed by atoms with van der Waals surface area (Å²) in [5, 5.41) is 8.01. The highest BCUT2D eigenvalue weighted by atomic mass is 16.5. The Morgan fingerprint density at radius 1 is 1.15 bits per heavy atom. The Labute approximate surface area is 116 Å². The van der Waals surface area contributed by atoms with Gasteiger partial charge in [-0.2, -0.15) is 0 Å². The summed E-state index contributed by atoms with van der Waals surface area (Å²) in [6.45, 7) is 1.29. The third-order valence-electron chi connectivity index (χ3n) is 3.06. The van der Waals surface area contributed by atoms with Crippen LogP contribution >= 0.6 is 0 Å². The summed E-state index contributed by atoms with van der Waals surface area (Å²) in [6, 6.07) is 11.8. The van der Waals surface area contributed by atoms with E-state index in [1.807, 2.05) is 30.3 Å². The van der Waals surface area contributed by atoms with Gasteiger partial charge >= 0.3 is 0 Å². The Hall–Kier alpha value is -2.40. The molecule has 0 bridgehead atoms. The van der Waals surface area contributed by atoms with Crippen molar-refractivity contribution in [1.82, 2.24) is 15.5 Å². The van der Waals surface area contributed by atoms with E-state index >= 15 is 0 Å². The number of hydrogen-bond donors (Lipinski definition) is 1. The molecule has 0 fully saturated rings. The van der Waals surface area contributed by atoms with E-state index in [4.69, 9.17) is 9.26 Å². The number of rotatable bonds is 5. The Bertz CT molecular complexity index is 695. The van der Waals surface area contributed by atoms with Crippen molar-refractivity contribution in [2.45, 2.75) is 13.1 Å². The molecule has 5 nitrogen and oxygen atoms in total. The molecule has 0 saturated heterocycles. The van der Waals surface area contributed by atoms with Crippen molar-refractivity contribution in [3.8, 4) is 5.75 Å². The smallest absolute Gasteiger partial charge is 0.150 e. The lowest BCUT2D eigenvalue weighted by Crippen LogP contribution is -2.13. The van der Waals surface area contributed by atoms with Crippen LogP contribution < -0.4 is 10.1 Å². The fourth-order valence-corrected chi connectivity index (χ4v) is 2.07. The number of benzene rings is 1. The molecule has 0 atom stereocenters. The minimum Gasteiger partial charge on any atom is -0.494 e. The van der Waals surface area contributed by atoms with Crippen molar-refractivity contribution >= 4 is 10.9 Å². The Kier molecular flexibility index (Phi) is 3.60. The first-order valence-electron chi connectivity index (χ1n) is 6.40. The Balaban J connectivity index is 1.75. The van der Waals surface area contributed by atoms with E-state index in [1.165, 1.54) is 0 Å². The lowest BCUT2D eigenvalue weighted by atomic mass is 10.2. The summed E-state index contributed by atoms with van der Waals surface area (Å²) in [6.07, 6.45) is 1.64. The summed E-state index contributed by atoms with van der Waals surface area (Å²) < 4.78 is 10.4. The first kappa shape index (κ1) is 12.6. The number of ether oxygens (including phenoxy) is 1. The van der Waals surface area contributed by atoms with Gasteiger partial charge in [0.15, 0.2) is 0 Å². The molecular formula is C15H15N3O2. The molecule has 0 radical (unpaired) electrons. The summed E-state index contributed by atoms with van der Waals surface area (Å²) in [5.74, 6) is 1.60. The molecule has 0 spiro atoms. The highest BCUT2D eigenvalue weighted by Gasteiger charge is 2.04. The SMILES string of the molecule is COc1cccc2ccc(CNCc3ccno3)nc12. The summed E-state index contributed by atoms with van der Waals surface area (Å²) in [4.78, 5) is 4.63. The maximum atomic E-state index is 5.34. The first-order chi connectivity index (χ1) is 9.86. The Morgan fingerprint density at radius 2 is 2.10 bits per heavy atom. The maximum absolute atomic E-state index is 5.34. The van der Waals surface area contributed by atoms with Gasteiger partial charge in [0.25, 0.3) is 0 Å². The number of para-hydroxylation sites is 1. The predicted molar refractivity (Wildman–Crippen MR) is 75.3 cm³/mol. The van der Waals surface area contributed by atoms with Crippen LogP contribution in [-0.4, -0.2) is 17.3 Å². The summed E-state index contributed by atoms with van der Waals surface area (Å²) in [5.41, 5.74) is 1.84. The van der Waals surface area contributed by atoms with E-state index < -0.39 is 0 Å². The minimum absolute atomic E-state index is 0.631. The molecule has 3 rings (SSSR count). The number of nitrogens with one attached hydrogen (secondary N) is 1. The standard InChI is InChI=1S/C15H15N3O2/c1-19-14-4-2-3-11-5-6-12(18-15(11)14)9-16-10-13-7-8-17-20-13/h2-8,16H,9-10H2,1H3. The zero-order chi connectivity index (χ0) is 13.8. The highest BCUT2D eigenvalue weighted by Crippen LogP contribution is 2.23. The van der Waals surface area contributed by atoms with Crippen molar-refractivity contribution in [3.05, 3.63) is 54.0 Å². The molecule has 1 aromatic carbocycles. The van der Waals surface area contributed by atoms with Gasteiger partial charge in [0, 0.05) is 18.0 Å². The monoisotopic (exact) mass is 269 g/mol. The third kappa shape index (κ3) is 2.62. The molecule has 20 heavy (non-hydrogen) atoms. The molecule has 0 unspecified atom stereocenters. The summed E-state index contributed by atoms with van der Waals surface area (Å²) in [7, 11) is 1.66. The van der Waals surface area contributed by atoms with Crippen molar-refractivity contribution < 1.29 is 9.26 Å². The van der Waals surface area contributed by atoms with Crippen LogP contribution in [0.25, 0.3) is 10.9 Å². The quantitative estimate of drug-likeness (QED) is 0.771. The van der Waals surface area contributed by atoms with Gasteiger partial charge in [0.05, 0.1) is 25.5 Å². The number of nitrogens with zero attached hydrogens (tertiary/aromatic N) is 2. The molecule has 0 amide bonds. The molecule has 2 heterocycles. The Morgan fingerprint density at radius 3 is 2.90 bits per heavy atom. The van der Waals surface area contributed by atoms with E-state index in [2.05, 4.69) is 21.5 Å². The molecule has 1 N–H and O–H groups in total.